The lowest BCUT2D eigenvalue weighted by Crippen LogP contribution is -2.41. The van der Waals surface area contributed by atoms with Crippen molar-refractivity contribution in [1.82, 2.24) is 5.32 Å². The van der Waals surface area contributed by atoms with Crippen LogP contribution in [0.25, 0.3) is 10.8 Å². The summed E-state index contributed by atoms with van der Waals surface area (Å²) in [5, 5.41) is 5.21. The van der Waals surface area contributed by atoms with Gasteiger partial charge >= 0.3 is 0 Å². The van der Waals surface area contributed by atoms with Gasteiger partial charge in [-0.05, 0) is 48.9 Å². The van der Waals surface area contributed by atoms with Gasteiger partial charge in [-0.3, -0.25) is 4.79 Å². The van der Waals surface area contributed by atoms with Crippen LogP contribution in [-0.2, 0) is 0 Å². The van der Waals surface area contributed by atoms with E-state index >= 15 is 0 Å². The molecule has 4 rings (SSSR count). The van der Waals surface area contributed by atoms with Gasteiger partial charge in [0, 0.05) is 18.1 Å². The van der Waals surface area contributed by atoms with Crippen LogP contribution >= 0.6 is 0 Å². The maximum absolute atomic E-state index is 13.2. The molecule has 0 saturated carbocycles. The minimum atomic E-state index is -0.412. The molecule has 0 aliphatic carbocycles. The van der Waals surface area contributed by atoms with Gasteiger partial charge < -0.3 is 19.5 Å². The molecule has 5 heteroatoms. The summed E-state index contributed by atoms with van der Waals surface area (Å²) in [6, 6.07) is 17.2. The molecule has 1 amide bonds. The normalized spacial score (nSPS) is 17.2. The van der Waals surface area contributed by atoms with Gasteiger partial charge in [-0.2, -0.15) is 0 Å². The Morgan fingerprint density at radius 1 is 1.03 bits per heavy atom. The Morgan fingerprint density at radius 2 is 1.76 bits per heavy atom. The second-order valence-electron chi connectivity index (χ2n) is 7.90. The summed E-state index contributed by atoms with van der Waals surface area (Å²) >= 11 is 0. The first-order valence-corrected chi connectivity index (χ1v) is 9.65. The topological polar surface area (TPSA) is 56.8 Å². The second kappa shape index (κ2) is 7.32. The van der Waals surface area contributed by atoms with E-state index in [9.17, 15) is 4.79 Å². The number of nitrogens with one attached hydrogen (secondary N) is 1. The van der Waals surface area contributed by atoms with E-state index in [0.717, 1.165) is 27.8 Å². The van der Waals surface area contributed by atoms with E-state index in [2.05, 4.69) is 5.32 Å². The molecule has 3 aromatic rings. The zero-order valence-corrected chi connectivity index (χ0v) is 17.1. The van der Waals surface area contributed by atoms with Crippen LogP contribution in [0.1, 0.15) is 42.2 Å². The third-order valence-electron chi connectivity index (χ3n) is 5.30. The van der Waals surface area contributed by atoms with E-state index < -0.39 is 5.60 Å². The lowest BCUT2D eigenvalue weighted by Gasteiger charge is -2.38. The van der Waals surface area contributed by atoms with Crippen molar-refractivity contribution < 1.29 is 19.0 Å². The molecule has 1 heterocycles. The number of fused-ring (bicyclic) bond motifs is 2. The van der Waals surface area contributed by atoms with Crippen molar-refractivity contribution in [2.45, 2.75) is 31.9 Å². The maximum Gasteiger partial charge on any atom is 0.255 e. The smallest absolute Gasteiger partial charge is 0.255 e. The second-order valence-corrected chi connectivity index (χ2v) is 7.90. The molecule has 0 aromatic heterocycles. The fourth-order valence-electron chi connectivity index (χ4n) is 3.89. The van der Waals surface area contributed by atoms with E-state index in [-0.39, 0.29) is 11.9 Å². The summed E-state index contributed by atoms with van der Waals surface area (Å²) in [7, 11) is 3.21. The van der Waals surface area contributed by atoms with Crippen LogP contribution < -0.4 is 19.5 Å². The Morgan fingerprint density at radius 3 is 2.45 bits per heavy atom. The fourth-order valence-corrected chi connectivity index (χ4v) is 3.89. The Labute approximate surface area is 170 Å². The minimum Gasteiger partial charge on any atom is -0.497 e. The van der Waals surface area contributed by atoms with E-state index in [1.165, 1.54) is 0 Å². The van der Waals surface area contributed by atoms with Crippen LogP contribution in [0.3, 0.4) is 0 Å². The van der Waals surface area contributed by atoms with Crippen molar-refractivity contribution in [3.63, 3.8) is 0 Å². The number of carbonyl (C=O) groups excluding carboxylic acids is 1. The highest BCUT2D eigenvalue weighted by molar-refractivity contribution is 6.01. The Balaban J connectivity index is 1.69. The lowest BCUT2D eigenvalue weighted by molar-refractivity contribution is 0.0616. The molecular formula is C24H25NO4. The van der Waals surface area contributed by atoms with Crippen molar-refractivity contribution in [1.29, 1.82) is 0 Å². The van der Waals surface area contributed by atoms with E-state index in [4.69, 9.17) is 14.2 Å². The van der Waals surface area contributed by atoms with Crippen molar-refractivity contribution >= 4 is 16.7 Å². The molecule has 0 saturated heterocycles. The molecule has 1 aliphatic heterocycles. The molecule has 0 unspecified atom stereocenters. The molecule has 5 nitrogen and oxygen atoms in total. The molecule has 1 aliphatic rings. The Bertz CT molecular complexity index is 1070. The summed E-state index contributed by atoms with van der Waals surface area (Å²) in [6.45, 7) is 4.04. The van der Waals surface area contributed by atoms with Crippen molar-refractivity contribution in [3.8, 4) is 17.2 Å². The summed E-state index contributed by atoms with van der Waals surface area (Å²) in [6.07, 6.45) is 0.661. The number of ether oxygens (including phenoxy) is 3. The summed E-state index contributed by atoms with van der Waals surface area (Å²) < 4.78 is 16.9. The molecule has 0 bridgehead atoms. The molecule has 1 atom stereocenters. The number of rotatable bonds is 4. The number of hydrogen-bond acceptors (Lipinski definition) is 4. The van der Waals surface area contributed by atoms with Gasteiger partial charge in [0.2, 0.25) is 0 Å². The largest absolute Gasteiger partial charge is 0.497 e. The molecule has 0 radical (unpaired) electrons. The molecule has 1 N–H and O–H groups in total. The van der Waals surface area contributed by atoms with Gasteiger partial charge in [0.05, 0.1) is 25.8 Å². The van der Waals surface area contributed by atoms with Gasteiger partial charge in [-0.15, -0.1) is 0 Å². The van der Waals surface area contributed by atoms with Crippen LogP contribution in [0.2, 0.25) is 0 Å². The highest BCUT2D eigenvalue weighted by Crippen LogP contribution is 2.41. The zero-order valence-electron chi connectivity index (χ0n) is 17.1. The van der Waals surface area contributed by atoms with Crippen LogP contribution in [0, 0.1) is 0 Å². The summed E-state index contributed by atoms with van der Waals surface area (Å²) in [5.74, 6) is 1.85. The Kier molecular flexibility index (Phi) is 4.82. The summed E-state index contributed by atoms with van der Waals surface area (Å²) in [5.41, 5.74) is 1.05. The summed E-state index contributed by atoms with van der Waals surface area (Å²) in [4.78, 5) is 13.2. The average Bonchev–Trinajstić information content (AvgIpc) is 2.71. The third-order valence-corrected chi connectivity index (χ3v) is 5.30. The number of methoxy groups -OCH3 is 2. The lowest BCUT2D eigenvalue weighted by atomic mass is 9.89. The first-order valence-electron chi connectivity index (χ1n) is 9.65. The quantitative estimate of drug-likeness (QED) is 0.688. The van der Waals surface area contributed by atoms with Crippen molar-refractivity contribution in [2.24, 2.45) is 0 Å². The monoisotopic (exact) mass is 391 g/mol. The molecule has 0 spiro atoms. The highest BCUT2D eigenvalue weighted by atomic mass is 16.5. The van der Waals surface area contributed by atoms with E-state index in [1.54, 1.807) is 14.2 Å². The standard InChI is InChI=1S/C24H25NO4/c1-24(2)14-20(18-10-9-17(27-3)13-22(18)29-24)25-23(26)19-11-15-7-5-6-8-16(15)12-21(19)28-4/h5-13,20H,14H2,1-4H3,(H,25,26)/t20-/m0/s1. The van der Waals surface area contributed by atoms with Gasteiger partial charge in [0.25, 0.3) is 5.91 Å². The SMILES string of the molecule is COc1ccc2c(c1)OC(C)(C)C[C@@H]2NC(=O)c1cc2ccccc2cc1OC. The van der Waals surface area contributed by atoms with E-state index in [1.807, 2.05) is 68.4 Å². The van der Waals surface area contributed by atoms with Gasteiger partial charge in [0.1, 0.15) is 22.8 Å². The van der Waals surface area contributed by atoms with Crippen LogP contribution in [0.4, 0.5) is 0 Å². The zero-order chi connectivity index (χ0) is 20.6. The first kappa shape index (κ1) is 19.1. The third kappa shape index (κ3) is 3.73. The van der Waals surface area contributed by atoms with Gasteiger partial charge in [-0.25, -0.2) is 0 Å². The number of hydrogen-bond donors (Lipinski definition) is 1. The predicted octanol–water partition coefficient (Wildman–Crippen LogP) is 4.89. The fraction of sp³-hybridized carbons (Fsp3) is 0.292. The maximum atomic E-state index is 13.2. The number of benzene rings is 3. The van der Waals surface area contributed by atoms with Gasteiger partial charge in [-0.1, -0.05) is 24.3 Å². The average molecular weight is 391 g/mol. The molecule has 0 fully saturated rings. The molecular weight excluding hydrogens is 366 g/mol. The van der Waals surface area contributed by atoms with Crippen molar-refractivity contribution in [2.75, 3.05) is 14.2 Å². The van der Waals surface area contributed by atoms with E-state index in [0.29, 0.717) is 17.7 Å². The van der Waals surface area contributed by atoms with Gasteiger partial charge in [0.15, 0.2) is 0 Å². The molecule has 150 valence electrons. The number of carbonyl (C=O) groups is 1. The Hall–Kier alpha value is -3.21. The van der Waals surface area contributed by atoms with Crippen molar-refractivity contribution in [3.05, 3.63) is 65.7 Å². The van der Waals surface area contributed by atoms with Crippen LogP contribution in [-0.4, -0.2) is 25.7 Å². The van der Waals surface area contributed by atoms with Crippen LogP contribution in [0.15, 0.2) is 54.6 Å². The minimum absolute atomic E-state index is 0.169. The highest BCUT2D eigenvalue weighted by Gasteiger charge is 2.35. The predicted molar refractivity (Wildman–Crippen MR) is 113 cm³/mol. The number of amides is 1. The molecule has 3 aromatic carbocycles. The first-order chi connectivity index (χ1) is 13.9. The molecule has 29 heavy (non-hydrogen) atoms. The van der Waals surface area contributed by atoms with Crippen LogP contribution in [0.5, 0.6) is 17.2 Å².